The minimum Gasteiger partial charge on any atom is -0.496 e. The molecule has 2 amide bonds. The monoisotopic (exact) mass is 357 g/mol. The highest BCUT2D eigenvalue weighted by atomic mass is 19.1. The molecule has 0 aromatic heterocycles. The van der Waals surface area contributed by atoms with E-state index in [1.165, 1.54) is 30.5 Å². The third-order valence-corrected chi connectivity index (χ3v) is 3.54. The van der Waals surface area contributed by atoms with E-state index in [2.05, 4.69) is 15.8 Å². The Kier molecular flexibility index (Phi) is 6.84. The van der Waals surface area contributed by atoms with Crippen LogP contribution >= 0.6 is 0 Å². The number of ether oxygens (including phenoxy) is 1. The second-order valence-corrected chi connectivity index (χ2v) is 5.58. The molecular formula is C19H20FN3O3. The molecule has 2 aromatic rings. The maximum absolute atomic E-state index is 12.8. The van der Waals surface area contributed by atoms with Gasteiger partial charge in [-0.2, -0.15) is 5.10 Å². The van der Waals surface area contributed by atoms with E-state index < -0.39 is 0 Å². The first-order valence-electron chi connectivity index (χ1n) is 8.00. The lowest BCUT2D eigenvalue weighted by Gasteiger charge is -2.05. The zero-order valence-corrected chi connectivity index (χ0v) is 14.6. The Morgan fingerprint density at radius 1 is 1.12 bits per heavy atom. The van der Waals surface area contributed by atoms with Crippen molar-refractivity contribution in [1.82, 2.24) is 5.43 Å². The lowest BCUT2D eigenvalue weighted by Crippen LogP contribution is -2.20. The van der Waals surface area contributed by atoms with Crippen LogP contribution in [0.15, 0.2) is 47.6 Å². The fourth-order valence-corrected chi connectivity index (χ4v) is 2.14. The van der Waals surface area contributed by atoms with Crippen LogP contribution in [0.3, 0.4) is 0 Å². The van der Waals surface area contributed by atoms with Crippen molar-refractivity contribution < 1.29 is 18.7 Å². The van der Waals surface area contributed by atoms with Gasteiger partial charge in [0.1, 0.15) is 11.6 Å². The topological polar surface area (TPSA) is 79.8 Å². The quantitative estimate of drug-likeness (QED) is 0.590. The average molecular weight is 357 g/mol. The third kappa shape index (κ3) is 6.01. The van der Waals surface area contributed by atoms with Crippen LogP contribution in [-0.4, -0.2) is 25.1 Å². The van der Waals surface area contributed by atoms with Crippen LogP contribution in [0, 0.1) is 12.7 Å². The summed E-state index contributed by atoms with van der Waals surface area (Å²) in [6.45, 7) is 1.93. The normalized spacial score (nSPS) is 10.6. The van der Waals surface area contributed by atoms with Gasteiger partial charge in [0.25, 0.3) is 0 Å². The van der Waals surface area contributed by atoms with Gasteiger partial charge in [-0.3, -0.25) is 9.59 Å². The molecule has 0 aliphatic carbocycles. The largest absolute Gasteiger partial charge is 0.496 e. The highest BCUT2D eigenvalue weighted by molar-refractivity contribution is 5.93. The molecule has 0 spiro atoms. The summed E-state index contributed by atoms with van der Waals surface area (Å²) in [5.74, 6) is -0.363. The van der Waals surface area contributed by atoms with Gasteiger partial charge in [-0.25, -0.2) is 9.82 Å². The summed E-state index contributed by atoms with van der Waals surface area (Å²) in [7, 11) is 1.59. The molecule has 0 bridgehead atoms. The predicted molar refractivity (Wildman–Crippen MR) is 97.7 cm³/mol. The minimum atomic E-state index is -0.383. The molecule has 0 saturated heterocycles. The first kappa shape index (κ1) is 19.1. The average Bonchev–Trinajstić information content (AvgIpc) is 2.63. The molecule has 6 nitrogen and oxygen atoms in total. The molecule has 0 saturated carbocycles. The van der Waals surface area contributed by atoms with Crippen LogP contribution in [0.2, 0.25) is 0 Å². The Morgan fingerprint density at radius 2 is 1.81 bits per heavy atom. The van der Waals surface area contributed by atoms with Gasteiger partial charge in [0.05, 0.1) is 13.3 Å². The molecule has 0 radical (unpaired) electrons. The molecule has 136 valence electrons. The van der Waals surface area contributed by atoms with Crippen molar-refractivity contribution in [3.05, 3.63) is 59.4 Å². The number of nitrogens with one attached hydrogen (secondary N) is 2. The second kappa shape index (κ2) is 9.31. The molecule has 2 N–H and O–H groups in total. The Labute approximate surface area is 151 Å². The highest BCUT2D eigenvalue weighted by Crippen LogP contribution is 2.17. The summed E-state index contributed by atoms with van der Waals surface area (Å²) in [4.78, 5) is 23.5. The SMILES string of the molecule is COc1cc(C=NNC(=O)CCC(=O)Nc2ccc(F)cc2)ccc1C. The molecule has 0 aliphatic heterocycles. The number of hydrogen-bond acceptors (Lipinski definition) is 4. The number of hydrazone groups is 1. The van der Waals surface area contributed by atoms with Crippen LogP contribution in [-0.2, 0) is 9.59 Å². The first-order valence-corrected chi connectivity index (χ1v) is 8.00. The van der Waals surface area contributed by atoms with Crippen LogP contribution in [0.4, 0.5) is 10.1 Å². The summed E-state index contributed by atoms with van der Waals surface area (Å²) < 4.78 is 18.0. The van der Waals surface area contributed by atoms with Crippen molar-refractivity contribution in [3.63, 3.8) is 0 Å². The predicted octanol–water partition coefficient (Wildman–Crippen LogP) is 3.01. The fraction of sp³-hybridized carbons (Fsp3) is 0.211. The van der Waals surface area contributed by atoms with E-state index >= 15 is 0 Å². The maximum Gasteiger partial charge on any atom is 0.240 e. The molecule has 0 unspecified atom stereocenters. The Hall–Kier alpha value is -3.22. The van der Waals surface area contributed by atoms with Crippen LogP contribution in [0.25, 0.3) is 0 Å². The Morgan fingerprint density at radius 3 is 2.50 bits per heavy atom. The lowest BCUT2D eigenvalue weighted by molar-refractivity contribution is -0.124. The molecule has 2 rings (SSSR count). The van der Waals surface area contributed by atoms with Gasteiger partial charge in [-0.15, -0.1) is 0 Å². The summed E-state index contributed by atoms with van der Waals surface area (Å²) in [6.07, 6.45) is 1.48. The summed E-state index contributed by atoms with van der Waals surface area (Å²) >= 11 is 0. The number of aryl methyl sites for hydroxylation is 1. The van der Waals surface area contributed by atoms with E-state index in [0.29, 0.717) is 5.69 Å². The van der Waals surface area contributed by atoms with E-state index in [1.807, 2.05) is 19.1 Å². The van der Waals surface area contributed by atoms with Gasteiger partial charge in [-0.1, -0.05) is 12.1 Å². The van der Waals surface area contributed by atoms with Crippen molar-refractivity contribution >= 4 is 23.7 Å². The van der Waals surface area contributed by atoms with E-state index in [9.17, 15) is 14.0 Å². The van der Waals surface area contributed by atoms with Crippen LogP contribution in [0.1, 0.15) is 24.0 Å². The molecule has 0 aliphatic rings. The fourth-order valence-electron chi connectivity index (χ4n) is 2.14. The minimum absolute atomic E-state index is 0.00289. The Bertz CT molecular complexity index is 804. The number of hydrogen-bond donors (Lipinski definition) is 2. The second-order valence-electron chi connectivity index (χ2n) is 5.58. The van der Waals surface area contributed by atoms with E-state index in [1.54, 1.807) is 13.2 Å². The number of benzene rings is 2. The number of carbonyl (C=O) groups is 2. The van der Waals surface area contributed by atoms with Crippen molar-refractivity contribution in [1.29, 1.82) is 0 Å². The summed E-state index contributed by atoms with van der Waals surface area (Å²) in [6, 6.07) is 10.9. The summed E-state index contributed by atoms with van der Waals surface area (Å²) in [5, 5.41) is 6.45. The van der Waals surface area contributed by atoms with Gasteiger partial charge in [0.2, 0.25) is 11.8 Å². The zero-order chi connectivity index (χ0) is 18.9. The summed E-state index contributed by atoms with van der Waals surface area (Å²) in [5.41, 5.74) is 4.63. The van der Waals surface area contributed by atoms with E-state index in [-0.39, 0.29) is 30.5 Å². The van der Waals surface area contributed by atoms with Crippen LogP contribution < -0.4 is 15.5 Å². The van der Waals surface area contributed by atoms with Gasteiger partial charge < -0.3 is 10.1 Å². The zero-order valence-electron chi connectivity index (χ0n) is 14.6. The molecule has 2 aromatic carbocycles. The van der Waals surface area contributed by atoms with Gasteiger partial charge in [-0.05, 0) is 48.4 Å². The van der Waals surface area contributed by atoms with Crippen molar-refractivity contribution in [2.45, 2.75) is 19.8 Å². The molecular weight excluding hydrogens is 337 g/mol. The van der Waals surface area contributed by atoms with Crippen molar-refractivity contribution in [3.8, 4) is 5.75 Å². The van der Waals surface area contributed by atoms with Crippen LogP contribution in [0.5, 0.6) is 5.75 Å². The van der Waals surface area contributed by atoms with E-state index in [4.69, 9.17) is 4.74 Å². The number of anilines is 1. The first-order chi connectivity index (χ1) is 12.5. The van der Waals surface area contributed by atoms with E-state index in [0.717, 1.165) is 16.9 Å². The molecule has 0 atom stereocenters. The van der Waals surface area contributed by atoms with Crippen molar-refractivity contribution in [2.75, 3.05) is 12.4 Å². The number of methoxy groups -OCH3 is 1. The molecule has 0 heterocycles. The lowest BCUT2D eigenvalue weighted by atomic mass is 10.1. The molecule has 26 heavy (non-hydrogen) atoms. The van der Waals surface area contributed by atoms with Gasteiger partial charge in [0.15, 0.2) is 0 Å². The third-order valence-electron chi connectivity index (χ3n) is 3.54. The number of amides is 2. The standard InChI is InChI=1S/C19H20FN3O3/c1-13-3-4-14(11-17(13)26-2)12-21-23-19(25)10-9-18(24)22-16-7-5-15(20)6-8-16/h3-8,11-12H,9-10H2,1-2H3,(H,22,24)(H,23,25). The van der Waals surface area contributed by atoms with Gasteiger partial charge in [0, 0.05) is 18.5 Å². The number of halogens is 1. The maximum atomic E-state index is 12.8. The number of carbonyl (C=O) groups excluding carboxylic acids is 2. The van der Waals surface area contributed by atoms with Crippen molar-refractivity contribution in [2.24, 2.45) is 5.10 Å². The highest BCUT2D eigenvalue weighted by Gasteiger charge is 2.07. The molecule has 0 fully saturated rings. The molecule has 7 heteroatoms. The number of rotatable bonds is 7. The number of nitrogens with zero attached hydrogens (tertiary/aromatic N) is 1. The van der Waals surface area contributed by atoms with Gasteiger partial charge >= 0.3 is 0 Å². The smallest absolute Gasteiger partial charge is 0.240 e. The Balaban J connectivity index is 1.76.